The van der Waals surface area contributed by atoms with E-state index in [1.807, 2.05) is 0 Å². The minimum atomic E-state index is -4.61. The second-order valence-electron chi connectivity index (χ2n) is 5.01. The van der Waals surface area contributed by atoms with E-state index in [0.717, 1.165) is 28.8 Å². The standard InChI is InChI=1S/C17H10F4N2O/c18-13-6-4-11(5-7-13)14-9-12(17(19,20)21)10-15(22-14)23-8-2-1-3-16(23)24/h1-10H. The van der Waals surface area contributed by atoms with Crippen LogP contribution in [0.4, 0.5) is 17.6 Å². The highest BCUT2D eigenvalue weighted by atomic mass is 19.4. The second kappa shape index (κ2) is 5.92. The molecule has 2 aromatic heterocycles. The molecule has 3 aromatic rings. The van der Waals surface area contributed by atoms with Crippen LogP contribution in [0.2, 0.25) is 0 Å². The van der Waals surface area contributed by atoms with Gasteiger partial charge in [0.05, 0.1) is 11.3 Å². The van der Waals surface area contributed by atoms with Crippen molar-refractivity contribution in [1.29, 1.82) is 0 Å². The van der Waals surface area contributed by atoms with Crippen molar-refractivity contribution in [3.8, 4) is 17.1 Å². The zero-order valence-electron chi connectivity index (χ0n) is 12.1. The predicted octanol–water partition coefficient (Wildman–Crippen LogP) is 4.06. The lowest BCUT2D eigenvalue weighted by molar-refractivity contribution is -0.137. The average molecular weight is 334 g/mol. The van der Waals surface area contributed by atoms with Crippen LogP contribution in [-0.4, -0.2) is 9.55 Å². The largest absolute Gasteiger partial charge is 0.416 e. The normalized spacial score (nSPS) is 11.5. The van der Waals surface area contributed by atoms with E-state index >= 15 is 0 Å². The number of pyridine rings is 2. The summed E-state index contributed by atoms with van der Waals surface area (Å²) >= 11 is 0. The molecule has 0 spiro atoms. The number of nitrogens with zero attached hydrogens (tertiary/aromatic N) is 2. The third-order valence-electron chi connectivity index (χ3n) is 3.35. The van der Waals surface area contributed by atoms with Gasteiger partial charge in [-0.2, -0.15) is 13.2 Å². The van der Waals surface area contributed by atoms with Gasteiger partial charge in [-0.15, -0.1) is 0 Å². The van der Waals surface area contributed by atoms with E-state index in [1.54, 1.807) is 0 Å². The van der Waals surface area contributed by atoms with E-state index < -0.39 is 23.1 Å². The molecule has 7 heteroatoms. The van der Waals surface area contributed by atoms with Crippen LogP contribution in [-0.2, 0) is 6.18 Å². The van der Waals surface area contributed by atoms with Gasteiger partial charge in [0.25, 0.3) is 5.56 Å². The van der Waals surface area contributed by atoms with Crippen LogP contribution in [0.1, 0.15) is 5.56 Å². The number of rotatable bonds is 2. The van der Waals surface area contributed by atoms with Crippen LogP contribution >= 0.6 is 0 Å². The molecular formula is C17H10F4N2O. The Bertz CT molecular complexity index is 930. The van der Waals surface area contributed by atoms with Crippen LogP contribution in [0, 0.1) is 5.82 Å². The van der Waals surface area contributed by atoms with Crippen LogP contribution < -0.4 is 5.56 Å². The topological polar surface area (TPSA) is 34.9 Å². The highest BCUT2D eigenvalue weighted by Crippen LogP contribution is 2.32. The van der Waals surface area contributed by atoms with Crippen molar-refractivity contribution >= 4 is 0 Å². The molecule has 0 saturated heterocycles. The maximum Gasteiger partial charge on any atom is 0.416 e. The molecule has 3 rings (SSSR count). The Balaban J connectivity index is 2.23. The van der Waals surface area contributed by atoms with Crippen molar-refractivity contribution in [2.45, 2.75) is 6.18 Å². The lowest BCUT2D eigenvalue weighted by Gasteiger charge is -2.13. The Morgan fingerprint density at radius 3 is 2.29 bits per heavy atom. The second-order valence-corrected chi connectivity index (χ2v) is 5.01. The van der Waals surface area contributed by atoms with Crippen molar-refractivity contribution in [3.63, 3.8) is 0 Å². The van der Waals surface area contributed by atoms with Gasteiger partial charge in [-0.25, -0.2) is 9.37 Å². The van der Waals surface area contributed by atoms with Gasteiger partial charge in [0.15, 0.2) is 0 Å². The molecule has 122 valence electrons. The summed E-state index contributed by atoms with van der Waals surface area (Å²) in [7, 11) is 0. The number of halogens is 4. The first kappa shape index (κ1) is 15.9. The lowest BCUT2D eigenvalue weighted by Crippen LogP contribution is -2.18. The van der Waals surface area contributed by atoms with Crippen molar-refractivity contribution in [2.75, 3.05) is 0 Å². The third kappa shape index (κ3) is 3.19. The molecule has 0 bridgehead atoms. The first-order chi connectivity index (χ1) is 11.3. The summed E-state index contributed by atoms with van der Waals surface area (Å²) < 4.78 is 53.5. The third-order valence-corrected chi connectivity index (χ3v) is 3.35. The van der Waals surface area contributed by atoms with Gasteiger partial charge in [-0.05, 0) is 42.5 Å². The molecule has 0 fully saturated rings. The summed E-state index contributed by atoms with van der Waals surface area (Å²) in [6.45, 7) is 0. The zero-order valence-corrected chi connectivity index (χ0v) is 12.1. The maximum absolute atomic E-state index is 13.2. The van der Waals surface area contributed by atoms with Crippen molar-refractivity contribution < 1.29 is 17.6 Å². The summed E-state index contributed by atoms with van der Waals surface area (Å²) in [5, 5.41) is 0. The van der Waals surface area contributed by atoms with Gasteiger partial charge in [-0.3, -0.25) is 9.36 Å². The summed E-state index contributed by atoms with van der Waals surface area (Å²) in [6.07, 6.45) is -3.27. The summed E-state index contributed by atoms with van der Waals surface area (Å²) in [5.41, 5.74) is -1.14. The Labute approximate surface area is 133 Å². The molecule has 0 amide bonds. The molecule has 0 saturated carbocycles. The smallest absolute Gasteiger partial charge is 0.269 e. The molecule has 0 unspecified atom stereocenters. The number of hydrogen-bond donors (Lipinski definition) is 0. The van der Waals surface area contributed by atoms with E-state index in [9.17, 15) is 22.4 Å². The van der Waals surface area contributed by atoms with Crippen LogP contribution in [0.15, 0.2) is 65.6 Å². The Morgan fingerprint density at radius 1 is 0.958 bits per heavy atom. The lowest BCUT2D eigenvalue weighted by atomic mass is 10.1. The molecule has 0 aliphatic carbocycles. The first-order valence-electron chi connectivity index (χ1n) is 6.88. The van der Waals surface area contributed by atoms with Crippen molar-refractivity contribution in [3.05, 3.63) is 82.5 Å². The molecule has 0 radical (unpaired) electrons. The van der Waals surface area contributed by atoms with E-state index in [0.29, 0.717) is 5.56 Å². The Kier molecular flexibility index (Phi) is 3.92. The van der Waals surface area contributed by atoms with Crippen LogP contribution in [0.3, 0.4) is 0 Å². The highest BCUT2D eigenvalue weighted by molar-refractivity contribution is 5.61. The fourth-order valence-electron chi connectivity index (χ4n) is 2.19. The first-order valence-corrected chi connectivity index (χ1v) is 6.88. The molecular weight excluding hydrogens is 324 g/mol. The van der Waals surface area contributed by atoms with Gasteiger partial charge >= 0.3 is 6.18 Å². The number of hydrogen-bond acceptors (Lipinski definition) is 2. The van der Waals surface area contributed by atoms with Gasteiger partial charge in [0, 0.05) is 17.8 Å². The van der Waals surface area contributed by atoms with E-state index in [1.165, 1.54) is 36.5 Å². The molecule has 3 nitrogen and oxygen atoms in total. The fourth-order valence-corrected chi connectivity index (χ4v) is 2.19. The molecule has 0 aliphatic rings. The van der Waals surface area contributed by atoms with Gasteiger partial charge in [0.2, 0.25) is 0 Å². The quantitative estimate of drug-likeness (QED) is 0.663. The molecule has 1 aromatic carbocycles. The zero-order chi connectivity index (χ0) is 17.3. The van der Waals surface area contributed by atoms with Crippen molar-refractivity contribution in [1.82, 2.24) is 9.55 Å². The van der Waals surface area contributed by atoms with Gasteiger partial charge in [0.1, 0.15) is 11.6 Å². The summed E-state index contributed by atoms with van der Waals surface area (Å²) in [4.78, 5) is 16.0. The molecule has 0 N–H and O–H groups in total. The number of aromatic nitrogens is 2. The van der Waals surface area contributed by atoms with Crippen LogP contribution in [0.5, 0.6) is 0 Å². The number of benzene rings is 1. The van der Waals surface area contributed by atoms with E-state index in [4.69, 9.17) is 0 Å². The Morgan fingerprint density at radius 2 is 1.67 bits per heavy atom. The number of alkyl halides is 3. The van der Waals surface area contributed by atoms with Gasteiger partial charge in [-0.1, -0.05) is 6.07 Å². The minimum absolute atomic E-state index is 0.00409. The molecule has 0 atom stereocenters. The van der Waals surface area contributed by atoms with E-state index in [2.05, 4.69) is 4.98 Å². The van der Waals surface area contributed by atoms with Crippen LogP contribution in [0.25, 0.3) is 17.1 Å². The van der Waals surface area contributed by atoms with E-state index in [-0.39, 0.29) is 11.5 Å². The summed E-state index contributed by atoms with van der Waals surface area (Å²) in [5.74, 6) is -0.667. The summed E-state index contributed by atoms with van der Waals surface area (Å²) in [6, 6.07) is 10.8. The molecule has 2 heterocycles. The van der Waals surface area contributed by atoms with Crippen molar-refractivity contribution in [2.24, 2.45) is 0 Å². The Hall–Kier alpha value is -2.96. The SMILES string of the molecule is O=c1ccccn1-c1cc(C(F)(F)F)cc(-c2ccc(F)cc2)n1. The minimum Gasteiger partial charge on any atom is -0.269 e. The fraction of sp³-hybridized carbons (Fsp3) is 0.0588. The van der Waals surface area contributed by atoms with Gasteiger partial charge < -0.3 is 0 Å². The molecule has 24 heavy (non-hydrogen) atoms. The predicted molar refractivity (Wildman–Crippen MR) is 80.2 cm³/mol. The average Bonchev–Trinajstić information content (AvgIpc) is 2.55. The highest BCUT2D eigenvalue weighted by Gasteiger charge is 2.32. The maximum atomic E-state index is 13.2. The molecule has 0 aliphatic heterocycles. The monoisotopic (exact) mass is 334 g/mol.